The lowest BCUT2D eigenvalue weighted by molar-refractivity contribution is -0.0384. The normalized spacial score (nSPS) is 18.9. The Morgan fingerprint density at radius 2 is 1.15 bits per heavy atom. The van der Waals surface area contributed by atoms with Crippen LogP contribution in [-0.4, -0.2) is 24.3 Å². The zero-order valence-electron chi connectivity index (χ0n) is 35.5. The molecule has 4 aliphatic rings. The summed E-state index contributed by atoms with van der Waals surface area (Å²) in [7, 11) is 1.76. The Hall–Kier alpha value is -4.20. The summed E-state index contributed by atoms with van der Waals surface area (Å²) in [6.07, 6.45) is 7.10. The van der Waals surface area contributed by atoms with Crippen molar-refractivity contribution in [3.8, 4) is 0 Å². The lowest BCUT2D eigenvalue weighted by Crippen LogP contribution is -2.44. The number of halogens is 3. The third-order valence-electron chi connectivity index (χ3n) is 13.5. The molecule has 61 heavy (non-hydrogen) atoms. The van der Waals surface area contributed by atoms with Gasteiger partial charge in [-0.1, -0.05) is 181 Å². The van der Waals surface area contributed by atoms with Crippen LogP contribution in [0.2, 0.25) is 0 Å². The van der Waals surface area contributed by atoms with Gasteiger partial charge in [0.1, 0.15) is 0 Å². The molecule has 3 nitrogen and oxygen atoms in total. The Bertz CT molecular complexity index is 2660. The minimum absolute atomic E-state index is 0.0997. The van der Waals surface area contributed by atoms with Gasteiger partial charge < -0.3 is 4.74 Å². The Balaban J connectivity index is 0.000000144. The average molecular weight is 1000 g/mol. The second-order valence-corrected chi connectivity index (χ2v) is 19.4. The van der Waals surface area contributed by atoms with Crippen LogP contribution in [0.15, 0.2) is 136 Å². The van der Waals surface area contributed by atoms with Gasteiger partial charge in [-0.05, 0) is 120 Å². The summed E-state index contributed by atoms with van der Waals surface area (Å²) in [5.41, 5.74) is 16.9. The third kappa shape index (κ3) is 8.15. The molecule has 6 heteroatoms. The van der Waals surface area contributed by atoms with Crippen molar-refractivity contribution in [2.24, 2.45) is 11.3 Å². The van der Waals surface area contributed by atoms with E-state index in [2.05, 4.69) is 172 Å². The first-order valence-electron chi connectivity index (χ1n) is 21.1. The van der Waals surface area contributed by atoms with Gasteiger partial charge in [-0.15, -0.1) is 0 Å². The highest BCUT2D eigenvalue weighted by atomic mass is 79.9. The first-order chi connectivity index (χ1) is 29.4. The van der Waals surface area contributed by atoms with Crippen molar-refractivity contribution in [1.82, 2.24) is 0 Å². The van der Waals surface area contributed by atoms with Crippen LogP contribution in [0.1, 0.15) is 87.5 Å². The lowest BCUT2D eigenvalue weighted by Gasteiger charge is -2.33. The molecule has 6 aromatic rings. The zero-order valence-corrected chi connectivity index (χ0v) is 40.3. The van der Waals surface area contributed by atoms with Crippen LogP contribution in [0.5, 0.6) is 0 Å². The molecule has 2 atom stereocenters. The van der Waals surface area contributed by atoms with Crippen molar-refractivity contribution in [3.63, 3.8) is 0 Å². The molecule has 310 valence electrons. The highest BCUT2D eigenvalue weighted by molar-refractivity contribution is 9.11. The SMILES string of the molecule is BrCc1ccccc1.COC1(C2Cc3cc(C)c(Br)c(C)c3C2=O)Cc2ccccc2C1.Cc1cc2c(c(C)c1Br)C(=O)C(Cc1ccccc1)(C1=Cc3ccccc3C1)C2. The fourth-order valence-electron chi connectivity index (χ4n) is 10.4. The molecule has 0 spiro atoms. The second kappa shape index (κ2) is 17.9. The predicted molar refractivity (Wildman–Crippen MR) is 260 cm³/mol. The number of allylic oxidation sites excluding steroid dienone is 1. The maximum Gasteiger partial charge on any atom is 0.174 e. The maximum atomic E-state index is 14.1. The summed E-state index contributed by atoms with van der Waals surface area (Å²) >= 11 is 10.7. The highest BCUT2D eigenvalue weighted by Crippen LogP contribution is 2.51. The quantitative estimate of drug-likeness (QED) is 0.156. The van der Waals surface area contributed by atoms with Gasteiger partial charge in [0.25, 0.3) is 0 Å². The number of ketones is 2. The monoisotopic (exact) mass is 996 g/mol. The number of ether oxygens (including phenoxy) is 1. The number of methoxy groups -OCH3 is 1. The zero-order chi connectivity index (χ0) is 43.1. The van der Waals surface area contributed by atoms with Crippen molar-refractivity contribution in [3.05, 3.63) is 214 Å². The van der Waals surface area contributed by atoms with E-state index < -0.39 is 11.0 Å². The van der Waals surface area contributed by atoms with Gasteiger partial charge in [-0.25, -0.2) is 0 Å². The average Bonchev–Trinajstić information content (AvgIpc) is 4.04. The van der Waals surface area contributed by atoms with Crippen LogP contribution < -0.4 is 0 Å². The van der Waals surface area contributed by atoms with Crippen molar-refractivity contribution < 1.29 is 14.3 Å². The van der Waals surface area contributed by atoms with Gasteiger partial charge in [0.15, 0.2) is 11.6 Å². The molecule has 0 amide bonds. The number of benzene rings is 6. The summed E-state index contributed by atoms with van der Waals surface area (Å²) in [4.78, 5) is 27.4. The maximum absolute atomic E-state index is 14.1. The van der Waals surface area contributed by atoms with Crippen molar-refractivity contribution in [2.75, 3.05) is 7.11 Å². The molecule has 6 aromatic carbocycles. The lowest BCUT2D eigenvalue weighted by atomic mass is 9.71. The topological polar surface area (TPSA) is 43.4 Å². The molecule has 10 rings (SSSR count). The van der Waals surface area contributed by atoms with Crippen LogP contribution in [0, 0.1) is 39.0 Å². The van der Waals surface area contributed by atoms with Crippen molar-refractivity contribution in [1.29, 1.82) is 0 Å². The molecule has 2 unspecified atom stereocenters. The summed E-state index contributed by atoms with van der Waals surface area (Å²) in [5.74, 6) is 0.434. The highest BCUT2D eigenvalue weighted by Gasteiger charge is 2.52. The summed E-state index contributed by atoms with van der Waals surface area (Å²) < 4.78 is 8.15. The Labute approximate surface area is 386 Å². The van der Waals surface area contributed by atoms with Crippen LogP contribution >= 0.6 is 47.8 Å². The molecular formula is C55H51Br3O3. The Morgan fingerprint density at radius 1 is 0.623 bits per heavy atom. The number of rotatable bonds is 6. The number of hydrogen-bond donors (Lipinski definition) is 0. The predicted octanol–water partition coefficient (Wildman–Crippen LogP) is 13.9. The molecule has 0 saturated heterocycles. The van der Waals surface area contributed by atoms with E-state index in [0.29, 0.717) is 0 Å². The van der Waals surface area contributed by atoms with E-state index in [4.69, 9.17) is 4.74 Å². The number of Topliss-reactive ketones (excluding diaryl/α,β-unsaturated/α-hetero) is 2. The number of fused-ring (bicyclic) bond motifs is 4. The minimum atomic E-state index is -0.499. The molecule has 0 N–H and O–H groups in total. The molecular weight excluding hydrogens is 948 g/mol. The first kappa shape index (κ1) is 43.4. The van der Waals surface area contributed by atoms with Gasteiger partial charge in [0.05, 0.1) is 16.9 Å². The van der Waals surface area contributed by atoms with E-state index in [0.717, 1.165) is 75.1 Å². The smallest absolute Gasteiger partial charge is 0.174 e. The molecule has 0 aliphatic heterocycles. The van der Waals surface area contributed by atoms with Crippen molar-refractivity contribution in [2.45, 2.75) is 77.2 Å². The van der Waals surface area contributed by atoms with Gasteiger partial charge in [0, 0.05) is 45.4 Å². The summed E-state index contributed by atoms with van der Waals surface area (Å²) in [6.45, 7) is 8.32. The van der Waals surface area contributed by atoms with E-state index in [1.807, 2.05) is 31.2 Å². The Morgan fingerprint density at radius 3 is 1.70 bits per heavy atom. The van der Waals surface area contributed by atoms with Gasteiger partial charge in [-0.3, -0.25) is 9.59 Å². The number of carbonyl (C=O) groups excluding carboxylic acids is 2. The van der Waals surface area contributed by atoms with Crippen molar-refractivity contribution >= 4 is 65.4 Å². The van der Waals surface area contributed by atoms with Crippen LogP contribution in [0.4, 0.5) is 0 Å². The minimum Gasteiger partial charge on any atom is -0.377 e. The molecule has 0 aromatic heterocycles. The fourth-order valence-corrected chi connectivity index (χ4v) is 11.4. The van der Waals surface area contributed by atoms with Gasteiger partial charge in [-0.2, -0.15) is 0 Å². The third-order valence-corrected chi connectivity index (χ3v) is 16.6. The molecule has 0 fully saturated rings. The number of carbonyl (C=O) groups is 2. The van der Waals surface area contributed by atoms with Crippen LogP contribution in [0.3, 0.4) is 0 Å². The van der Waals surface area contributed by atoms with Gasteiger partial charge in [0.2, 0.25) is 0 Å². The second-order valence-electron chi connectivity index (χ2n) is 17.3. The largest absolute Gasteiger partial charge is 0.377 e. The summed E-state index contributed by atoms with van der Waals surface area (Å²) in [6, 6.07) is 42.1. The standard InChI is InChI=1S/C27H23BrO.C21H21BrO2.C7H7Br/c1-17-12-22-16-27(15-19-8-4-3-5-9-19,26(29)24(22)18(2)25(17)28)23-13-20-10-6-7-11-21(20)14-23;1-12-8-16-9-17(20(23)18(16)13(2)19(12)22)21(24-3)10-14-6-4-5-7-15(14)11-21;8-6-7-4-2-1-3-5-7/h3-13H,14-16H2,1-2H3;4-8,17H,9-11H2,1-3H3;1-5H,6H2. The van der Waals surface area contributed by atoms with E-state index in [-0.39, 0.29) is 17.5 Å². The van der Waals surface area contributed by atoms with Crippen LogP contribution in [-0.2, 0) is 48.6 Å². The Kier molecular flexibility index (Phi) is 12.7. The molecule has 0 heterocycles. The molecule has 0 saturated carbocycles. The van der Waals surface area contributed by atoms with E-state index in [1.54, 1.807) is 7.11 Å². The van der Waals surface area contributed by atoms with Gasteiger partial charge >= 0.3 is 0 Å². The number of hydrogen-bond acceptors (Lipinski definition) is 3. The molecule has 0 radical (unpaired) electrons. The van der Waals surface area contributed by atoms with E-state index in [9.17, 15) is 9.59 Å². The van der Waals surface area contributed by atoms with E-state index >= 15 is 0 Å². The molecule has 0 bridgehead atoms. The van der Waals surface area contributed by atoms with E-state index in [1.165, 1.54) is 61.2 Å². The fraction of sp³-hybridized carbons (Fsp3) is 0.273. The van der Waals surface area contributed by atoms with Crippen LogP contribution in [0.25, 0.3) is 6.08 Å². The number of aryl methyl sites for hydroxylation is 2. The first-order valence-corrected chi connectivity index (χ1v) is 23.8. The number of alkyl halides is 1. The summed E-state index contributed by atoms with van der Waals surface area (Å²) in [5, 5.41) is 0.952. The molecule has 4 aliphatic carbocycles.